The van der Waals surface area contributed by atoms with Crippen LogP contribution in [-0.4, -0.2) is 18.0 Å². The summed E-state index contributed by atoms with van der Waals surface area (Å²) in [5, 5.41) is 12.8. The molecule has 5 heteroatoms. The van der Waals surface area contributed by atoms with Gasteiger partial charge in [0.05, 0.1) is 19.6 Å². The van der Waals surface area contributed by atoms with Crippen LogP contribution in [0.3, 0.4) is 0 Å². The van der Waals surface area contributed by atoms with Crippen LogP contribution in [0.4, 0.5) is 5.69 Å². The van der Waals surface area contributed by atoms with Gasteiger partial charge in [-0.1, -0.05) is 30.3 Å². The van der Waals surface area contributed by atoms with Crippen LogP contribution in [0.1, 0.15) is 17.5 Å². The number of nitrogens with one attached hydrogen (secondary N) is 2. The van der Waals surface area contributed by atoms with Gasteiger partial charge >= 0.3 is 0 Å². The number of aryl methyl sites for hydroxylation is 1. The van der Waals surface area contributed by atoms with Gasteiger partial charge in [-0.05, 0) is 65.6 Å². The number of nitrogens with zero attached hydrogens (tertiary/aromatic N) is 1. The van der Waals surface area contributed by atoms with E-state index >= 15 is 0 Å². The molecule has 0 unspecified atom stereocenters. The highest BCUT2D eigenvalue weighted by molar-refractivity contribution is 5.94. The normalized spacial score (nSPS) is 10.6. The van der Waals surface area contributed by atoms with Crippen LogP contribution >= 0.6 is 0 Å². The summed E-state index contributed by atoms with van der Waals surface area (Å²) in [7, 11) is 1.65. The number of para-hydroxylation sites is 1. The van der Waals surface area contributed by atoms with Crippen molar-refractivity contribution < 1.29 is 9.53 Å². The Labute approximate surface area is 181 Å². The van der Waals surface area contributed by atoms with Crippen molar-refractivity contribution in [2.75, 3.05) is 12.4 Å². The number of hydrogen-bond acceptors (Lipinski definition) is 3. The average molecular weight is 409 g/mol. The molecule has 1 aromatic heterocycles. The second kappa shape index (κ2) is 9.19. The van der Waals surface area contributed by atoms with E-state index in [1.165, 1.54) is 0 Å². The summed E-state index contributed by atoms with van der Waals surface area (Å²) in [4.78, 5) is 16.1. The fraction of sp³-hybridized carbons (Fsp3) is 0.154. The second-order valence-electron chi connectivity index (χ2n) is 7.33. The van der Waals surface area contributed by atoms with E-state index in [1.807, 2.05) is 60.7 Å². The van der Waals surface area contributed by atoms with E-state index in [4.69, 9.17) is 10.00 Å². The Bertz CT molecular complexity index is 1230. The van der Waals surface area contributed by atoms with Crippen LogP contribution in [0.2, 0.25) is 0 Å². The van der Waals surface area contributed by atoms with Gasteiger partial charge in [0.25, 0.3) is 0 Å². The first kappa shape index (κ1) is 20.2. The lowest BCUT2D eigenvalue weighted by Gasteiger charge is -2.08. The third-order valence-corrected chi connectivity index (χ3v) is 5.32. The lowest BCUT2D eigenvalue weighted by Crippen LogP contribution is -2.12. The Morgan fingerprint density at radius 2 is 1.77 bits per heavy atom. The number of hydrogen-bond donors (Lipinski definition) is 2. The van der Waals surface area contributed by atoms with Gasteiger partial charge in [-0.15, -0.1) is 0 Å². The largest absolute Gasteiger partial charge is 0.497 e. The van der Waals surface area contributed by atoms with E-state index in [1.54, 1.807) is 7.11 Å². The van der Waals surface area contributed by atoms with Crippen molar-refractivity contribution in [3.63, 3.8) is 0 Å². The number of carbonyl (C=O) groups is 1. The maximum atomic E-state index is 12.6. The highest BCUT2D eigenvalue weighted by atomic mass is 16.5. The molecule has 3 aromatic carbocycles. The summed E-state index contributed by atoms with van der Waals surface area (Å²) in [6.07, 6.45) is 1.34. The number of ether oxygens (including phenoxy) is 1. The fourth-order valence-corrected chi connectivity index (χ4v) is 3.72. The Kier molecular flexibility index (Phi) is 6.00. The number of fused-ring (bicyclic) bond motifs is 1. The van der Waals surface area contributed by atoms with Gasteiger partial charge in [0.15, 0.2) is 0 Å². The van der Waals surface area contributed by atoms with Crippen molar-refractivity contribution in [1.82, 2.24) is 4.98 Å². The molecule has 2 N–H and O–H groups in total. The topological polar surface area (TPSA) is 77.9 Å². The molecule has 0 atom stereocenters. The molecular weight excluding hydrogens is 386 g/mol. The number of anilines is 1. The molecule has 0 saturated heterocycles. The minimum atomic E-state index is -0.0426. The van der Waals surface area contributed by atoms with Crippen LogP contribution in [0, 0.1) is 11.3 Å². The molecule has 4 aromatic rings. The predicted octanol–water partition coefficient (Wildman–Crippen LogP) is 5.48. The standard InChI is InChI=1S/C26H23N3O2/c1-31-21-12-8-19(9-13-21)26-23(22-4-2-3-5-24(22)29-26)14-15-25(30)28-20-10-6-18(7-11-20)16-17-27/h2-13,29H,14-16H2,1H3,(H,28,30). The van der Waals surface area contributed by atoms with E-state index in [0.717, 1.165) is 44.7 Å². The third kappa shape index (κ3) is 4.59. The molecule has 31 heavy (non-hydrogen) atoms. The maximum Gasteiger partial charge on any atom is 0.224 e. The summed E-state index contributed by atoms with van der Waals surface area (Å²) in [6, 6.07) is 25.6. The monoisotopic (exact) mass is 409 g/mol. The molecule has 0 spiro atoms. The number of rotatable bonds is 7. The molecule has 0 fully saturated rings. The molecule has 5 nitrogen and oxygen atoms in total. The summed E-state index contributed by atoms with van der Waals surface area (Å²) in [5.41, 5.74) is 5.93. The average Bonchev–Trinajstić information content (AvgIpc) is 3.18. The quantitative estimate of drug-likeness (QED) is 0.424. The Morgan fingerprint density at radius 3 is 2.48 bits per heavy atom. The first-order valence-corrected chi connectivity index (χ1v) is 10.2. The fourth-order valence-electron chi connectivity index (χ4n) is 3.72. The number of aromatic nitrogens is 1. The molecule has 0 aliphatic carbocycles. The van der Waals surface area contributed by atoms with Gasteiger partial charge in [-0.25, -0.2) is 0 Å². The van der Waals surface area contributed by atoms with E-state index in [2.05, 4.69) is 28.5 Å². The Hall–Kier alpha value is -4.04. The van der Waals surface area contributed by atoms with Crippen molar-refractivity contribution >= 4 is 22.5 Å². The second-order valence-corrected chi connectivity index (χ2v) is 7.33. The number of aromatic amines is 1. The number of amides is 1. The molecule has 1 heterocycles. The van der Waals surface area contributed by atoms with E-state index in [9.17, 15) is 4.79 Å². The van der Waals surface area contributed by atoms with Gasteiger partial charge in [-0.2, -0.15) is 5.26 Å². The molecule has 0 bridgehead atoms. The van der Waals surface area contributed by atoms with Gasteiger partial charge in [-0.3, -0.25) is 4.79 Å². The highest BCUT2D eigenvalue weighted by Crippen LogP contribution is 2.32. The summed E-state index contributed by atoms with van der Waals surface area (Å²) >= 11 is 0. The molecule has 1 amide bonds. The van der Waals surface area contributed by atoms with Crippen LogP contribution in [0.25, 0.3) is 22.2 Å². The van der Waals surface area contributed by atoms with Crippen molar-refractivity contribution in [3.8, 4) is 23.1 Å². The van der Waals surface area contributed by atoms with Gasteiger partial charge in [0.2, 0.25) is 5.91 Å². The van der Waals surface area contributed by atoms with Crippen molar-refractivity contribution in [2.45, 2.75) is 19.3 Å². The zero-order chi connectivity index (χ0) is 21.6. The predicted molar refractivity (Wildman–Crippen MR) is 123 cm³/mol. The minimum Gasteiger partial charge on any atom is -0.497 e. The van der Waals surface area contributed by atoms with E-state index in [-0.39, 0.29) is 5.91 Å². The smallest absolute Gasteiger partial charge is 0.224 e. The molecule has 0 saturated carbocycles. The maximum absolute atomic E-state index is 12.6. The van der Waals surface area contributed by atoms with Crippen LogP contribution in [-0.2, 0) is 17.6 Å². The van der Waals surface area contributed by atoms with Gasteiger partial charge in [0.1, 0.15) is 5.75 Å². The lowest BCUT2D eigenvalue weighted by atomic mass is 10.0. The summed E-state index contributed by atoms with van der Waals surface area (Å²) in [6.45, 7) is 0. The highest BCUT2D eigenvalue weighted by Gasteiger charge is 2.15. The van der Waals surface area contributed by atoms with Crippen LogP contribution in [0.5, 0.6) is 5.75 Å². The summed E-state index contributed by atoms with van der Waals surface area (Å²) < 4.78 is 5.27. The first-order chi connectivity index (χ1) is 15.2. The SMILES string of the molecule is COc1ccc(-c2[nH]c3ccccc3c2CCC(=O)Nc2ccc(CC#N)cc2)cc1. The van der Waals surface area contributed by atoms with Crippen molar-refractivity contribution in [1.29, 1.82) is 5.26 Å². The first-order valence-electron chi connectivity index (χ1n) is 10.2. The molecule has 154 valence electrons. The number of carbonyl (C=O) groups excluding carboxylic acids is 1. The molecule has 0 aliphatic heterocycles. The van der Waals surface area contributed by atoms with E-state index < -0.39 is 0 Å². The Morgan fingerprint density at radius 1 is 1.03 bits per heavy atom. The van der Waals surface area contributed by atoms with Gasteiger partial charge in [0, 0.05) is 28.7 Å². The number of nitriles is 1. The number of H-pyrrole nitrogens is 1. The molecule has 0 radical (unpaired) electrons. The van der Waals surface area contributed by atoms with Crippen LogP contribution < -0.4 is 10.1 Å². The third-order valence-electron chi connectivity index (χ3n) is 5.32. The number of methoxy groups -OCH3 is 1. The van der Waals surface area contributed by atoms with Gasteiger partial charge < -0.3 is 15.0 Å². The summed E-state index contributed by atoms with van der Waals surface area (Å²) in [5.74, 6) is 0.764. The van der Waals surface area contributed by atoms with E-state index in [0.29, 0.717) is 19.3 Å². The van der Waals surface area contributed by atoms with Crippen molar-refractivity contribution in [3.05, 3.63) is 83.9 Å². The van der Waals surface area contributed by atoms with Crippen LogP contribution in [0.15, 0.2) is 72.8 Å². The zero-order valence-corrected chi connectivity index (χ0v) is 17.3. The van der Waals surface area contributed by atoms with Crippen molar-refractivity contribution in [2.24, 2.45) is 0 Å². The zero-order valence-electron chi connectivity index (χ0n) is 17.3. The molecular formula is C26H23N3O2. The number of benzene rings is 3. The molecule has 4 rings (SSSR count). The lowest BCUT2D eigenvalue weighted by molar-refractivity contribution is -0.116. The minimum absolute atomic E-state index is 0.0426. The Balaban J connectivity index is 1.53. The molecule has 0 aliphatic rings.